The van der Waals surface area contributed by atoms with Crippen molar-refractivity contribution in [2.75, 3.05) is 24.2 Å². The molecule has 0 N–H and O–H groups in total. The topological polar surface area (TPSA) is 3.24 Å². The highest BCUT2D eigenvalue weighted by molar-refractivity contribution is 7.80. The van der Waals surface area contributed by atoms with Gasteiger partial charge >= 0.3 is 0 Å². The molecule has 17 heavy (non-hydrogen) atoms. The highest BCUT2D eigenvalue weighted by Gasteiger charge is 2.26. The van der Waals surface area contributed by atoms with E-state index in [1.54, 1.807) is 0 Å². The molecule has 2 heteroatoms. The quantitative estimate of drug-likeness (QED) is 0.743. The van der Waals surface area contributed by atoms with Crippen molar-refractivity contribution in [2.45, 2.75) is 33.6 Å². The number of benzene rings is 1. The van der Waals surface area contributed by atoms with Gasteiger partial charge in [-0.05, 0) is 43.1 Å². The summed E-state index contributed by atoms with van der Waals surface area (Å²) >= 11 is 4.54. The first-order chi connectivity index (χ1) is 8.06. The number of rotatable bonds is 6. The molecule has 0 aliphatic carbocycles. The lowest BCUT2D eigenvalue weighted by molar-refractivity contribution is 0.314. The molecule has 0 saturated heterocycles. The molecule has 0 heterocycles. The molecule has 0 fully saturated rings. The van der Waals surface area contributed by atoms with Crippen molar-refractivity contribution < 1.29 is 0 Å². The van der Waals surface area contributed by atoms with Crippen molar-refractivity contribution in [2.24, 2.45) is 5.41 Å². The Morgan fingerprint density at radius 2 is 1.65 bits per heavy atom. The van der Waals surface area contributed by atoms with Crippen LogP contribution in [0.5, 0.6) is 0 Å². The summed E-state index contributed by atoms with van der Waals surface area (Å²) in [5.41, 5.74) is 2.94. The van der Waals surface area contributed by atoms with Crippen LogP contribution in [0, 0.1) is 12.3 Å². The average molecular weight is 251 g/mol. The third-order valence-electron chi connectivity index (χ3n) is 3.88. The monoisotopic (exact) mass is 251 g/mol. The fourth-order valence-corrected chi connectivity index (χ4v) is 2.69. The first kappa shape index (κ1) is 14.4. The van der Waals surface area contributed by atoms with E-state index >= 15 is 0 Å². The molecule has 0 amide bonds. The molecule has 0 unspecified atom stereocenters. The van der Waals surface area contributed by atoms with E-state index in [1.165, 1.54) is 24.1 Å². The number of hydrogen-bond acceptors (Lipinski definition) is 2. The number of thiol groups is 1. The van der Waals surface area contributed by atoms with Crippen LogP contribution >= 0.6 is 12.6 Å². The van der Waals surface area contributed by atoms with E-state index in [-0.39, 0.29) is 0 Å². The minimum Gasteiger partial charge on any atom is -0.374 e. The molecule has 1 rings (SSSR count). The van der Waals surface area contributed by atoms with E-state index in [9.17, 15) is 0 Å². The van der Waals surface area contributed by atoms with Gasteiger partial charge in [0, 0.05) is 19.3 Å². The van der Waals surface area contributed by atoms with Crippen molar-refractivity contribution in [3.05, 3.63) is 29.8 Å². The molecule has 0 saturated carbocycles. The van der Waals surface area contributed by atoms with Gasteiger partial charge < -0.3 is 4.90 Å². The van der Waals surface area contributed by atoms with Gasteiger partial charge in [-0.2, -0.15) is 12.6 Å². The maximum atomic E-state index is 4.54. The molecular weight excluding hydrogens is 226 g/mol. The molecule has 0 radical (unpaired) electrons. The van der Waals surface area contributed by atoms with Gasteiger partial charge in [0.25, 0.3) is 0 Å². The zero-order valence-electron chi connectivity index (χ0n) is 11.5. The van der Waals surface area contributed by atoms with Crippen molar-refractivity contribution in [1.29, 1.82) is 0 Å². The molecular formula is C15H25NS. The van der Waals surface area contributed by atoms with Crippen LogP contribution in [0.15, 0.2) is 24.3 Å². The SMILES string of the molecule is CCC(CC)(CS)CN(C)c1ccc(C)cc1. The van der Waals surface area contributed by atoms with Gasteiger partial charge in [0.2, 0.25) is 0 Å². The Morgan fingerprint density at radius 1 is 1.12 bits per heavy atom. The number of aryl methyl sites for hydroxylation is 1. The lowest BCUT2D eigenvalue weighted by Crippen LogP contribution is -2.36. The predicted molar refractivity (Wildman–Crippen MR) is 81.3 cm³/mol. The van der Waals surface area contributed by atoms with Gasteiger partial charge in [0.05, 0.1) is 0 Å². The van der Waals surface area contributed by atoms with Crippen molar-refractivity contribution in [3.8, 4) is 0 Å². The molecule has 0 atom stereocenters. The van der Waals surface area contributed by atoms with Crippen LogP contribution in [0.25, 0.3) is 0 Å². The van der Waals surface area contributed by atoms with Gasteiger partial charge in [0.1, 0.15) is 0 Å². The molecule has 0 aliphatic rings. The zero-order chi connectivity index (χ0) is 12.9. The molecule has 0 spiro atoms. The van der Waals surface area contributed by atoms with Crippen molar-refractivity contribution >= 4 is 18.3 Å². The first-order valence-electron chi connectivity index (χ1n) is 6.45. The molecule has 1 aromatic carbocycles. The zero-order valence-corrected chi connectivity index (χ0v) is 12.4. The van der Waals surface area contributed by atoms with Crippen LogP contribution in [-0.4, -0.2) is 19.3 Å². The summed E-state index contributed by atoms with van der Waals surface area (Å²) < 4.78 is 0. The molecule has 0 bridgehead atoms. The molecule has 96 valence electrons. The summed E-state index contributed by atoms with van der Waals surface area (Å²) in [7, 11) is 2.17. The van der Waals surface area contributed by atoms with Crippen LogP contribution in [0.2, 0.25) is 0 Å². The Balaban J connectivity index is 2.76. The van der Waals surface area contributed by atoms with E-state index in [0.717, 1.165) is 12.3 Å². The maximum Gasteiger partial charge on any atom is 0.0363 e. The van der Waals surface area contributed by atoms with E-state index in [1.807, 2.05) is 0 Å². The second kappa shape index (κ2) is 6.34. The smallest absolute Gasteiger partial charge is 0.0363 e. The standard InChI is InChI=1S/C15H25NS/c1-5-15(6-2,12-17)11-16(4)14-9-7-13(3)8-10-14/h7-10,17H,5-6,11-12H2,1-4H3. The Bertz CT molecular complexity index is 319. The summed E-state index contributed by atoms with van der Waals surface area (Å²) in [6.07, 6.45) is 2.37. The summed E-state index contributed by atoms with van der Waals surface area (Å²) in [6.45, 7) is 7.73. The normalized spacial score (nSPS) is 11.6. The van der Waals surface area contributed by atoms with E-state index in [0.29, 0.717) is 5.41 Å². The third kappa shape index (κ3) is 3.67. The van der Waals surface area contributed by atoms with Gasteiger partial charge in [-0.25, -0.2) is 0 Å². The second-order valence-corrected chi connectivity index (χ2v) is 5.37. The van der Waals surface area contributed by atoms with Crippen molar-refractivity contribution in [3.63, 3.8) is 0 Å². The number of nitrogens with zero attached hydrogens (tertiary/aromatic N) is 1. The lowest BCUT2D eigenvalue weighted by atomic mass is 9.84. The van der Waals surface area contributed by atoms with Crippen molar-refractivity contribution in [1.82, 2.24) is 0 Å². The Hall–Kier alpha value is -0.630. The average Bonchev–Trinajstić information content (AvgIpc) is 2.37. The van der Waals surface area contributed by atoms with Gasteiger partial charge in [-0.3, -0.25) is 0 Å². The Morgan fingerprint density at radius 3 is 2.06 bits per heavy atom. The minimum atomic E-state index is 0.336. The Kier molecular flexibility index (Phi) is 5.38. The lowest BCUT2D eigenvalue weighted by Gasteiger charge is -2.35. The minimum absolute atomic E-state index is 0.336. The van der Waals surface area contributed by atoms with Gasteiger partial charge in [-0.15, -0.1) is 0 Å². The molecule has 0 aromatic heterocycles. The molecule has 0 aliphatic heterocycles. The fourth-order valence-electron chi connectivity index (χ4n) is 2.14. The van der Waals surface area contributed by atoms with Crippen LogP contribution < -0.4 is 4.90 Å². The summed E-state index contributed by atoms with van der Waals surface area (Å²) in [6, 6.07) is 8.74. The predicted octanol–water partition coefficient (Wildman–Crippen LogP) is 4.17. The highest BCUT2D eigenvalue weighted by atomic mass is 32.1. The maximum absolute atomic E-state index is 4.54. The van der Waals surface area contributed by atoms with E-state index in [2.05, 4.69) is 69.6 Å². The molecule has 1 aromatic rings. The first-order valence-corrected chi connectivity index (χ1v) is 7.09. The fraction of sp³-hybridized carbons (Fsp3) is 0.600. The second-order valence-electron chi connectivity index (χ2n) is 5.06. The summed E-state index contributed by atoms with van der Waals surface area (Å²) in [4.78, 5) is 2.35. The summed E-state index contributed by atoms with van der Waals surface area (Å²) in [5.74, 6) is 0.955. The third-order valence-corrected chi connectivity index (χ3v) is 4.55. The Labute approximate surface area is 112 Å². The van der Waals surface area contributed by atoms with Gasteiger partial charge in [-0.1, -0.05) is 31.5 Å². The largest absolute Gasteiger partial charge is 0.374 e. The number of hydrogen-bond donors (Lipinski definition) is 1. The highest BCUT2D eigenvalue weighted by Crippen LogP contribution is 2.30. The molecule has 1 nitrogen and oxygen atoms in total. The number of anilines is 1. The summed E-state index contributed by atoms with van der Waals surface area (Å²) in [5, 5.41) is 0. The van der Waals surface area contributed by atoms with E-state index in [4.69, 9.17) is 0 Å². The van der Waals surface area contributed by atoms with E-state index < -0.39 is 0 Å². The van der Waals surface area contributed by atoms with Crippen LogP contribution in [0.1, 0.15) is 32.3 Å². The van der Waals surface area contributed by atoms with Crippen LogP contribution in [0.4, 0.5) is 5.69 Å². The van der Waals surface area contributed by atoms with Gasteiger partial charge in [0.15, 0.2) is 0 Å². The van der Waals surface area contributed by atoms with Crippen LogP contribution in [-0.2, 0) is 0 Å². The van der Waals surface area contributed by atoms with Crippen LogP contribution in [0.3, 0.4) is 0 Å².